The number of aryl methyl sites for hydroxylation is 1. The molecule has 2 aliphatic rings. The summed E-state index contributed by atoms with van der Waals surface area (Å²) in [6, 6.07) is 8.33. The molecule has 2 bridgehead atoms. The Labute approximate surface area is 142 Å². The van der Waals surface area contributed by atoms with Gasteiger partial charge < -0.3 is 9.64 Å². The molecular formula is C18H23N5O. The van der Waals surface area contributed by atoms with Crippen molar-refractivity contribution in [2.24, 2.45) is 5.92 Å². The van der Waals surface area contributed by atoms with E-state index in [1.165, 1.54) is 0 Å². The molecule has 0 spiro atoms. The molecule has 2 saturated heterocycles. The first kappa shape index (κ1) is 15.5. The first-order valence-electron chi connectivity index (χ1n) is 8.54. The van der Waals surface area contributed by atoms with Gasteiger partial charge in [-0.25, -0.2) is 9.97 Å². The van der Waals surface area contributed by atoms with Gasteiger partial charge in [-0.05, 0) is 25.1 Å². The summed E-state index contributed by atoms with van der Waals surface area (Å²) in [6.07, 6.45) is 3.71. The quantitative estimate of drug-likeness (QED) is 0.853. The molecule has 2 atom stereocenters. The van der Waals surface area contributed by atoms with E-state index < -0.39 is 0 Å². The van der Waals surface area contributed by atoms with Gasteiger partial charge in [0.05, 0.1) is 24.9 Å². The van der Waals surface area contributed by atoms with E-state index >= 15 is 0 Å². The van der Waals surface area contributed by atoms with Gasteiger partial charge in [0, 0.05) is 50.2 Å². The topological polar surface area (TPSA) is 54.4 Å². The summed E-state index contributed by atoms with van der Waals surface area (Å²) in [5.41, 5.74) is 2.13. The smallest absolute Gasteiger partial charge is 0.225 e. The number of aromatic nitrogens is 3. The number of fused-ring (bicyclic) bond motifs is 3. The van der Waals surface area contributed by atoms with Crippen LogP contribution in [0.25, 0.3) is 0 Å². The molecule has 0 unspecified atom stereocenters. The van der Waals surface area contributed by atoms with Gasteiger partial charge in [0.25, 0.3) is 0 Å². The van der Waals surface area contributed by atoms with Crippen molar-refractivity contribution in [2.75, 3.05) is 37.7 Å². The maximum atomic E-state index is 5.90. The summed E-state index contributed by atoms with van der Waals surface area (Å²) in [5.74, 6) is 1.29. The van der Waals surface area contributed by atoms with E-state index in [9.17, 15) is 0 Å². The molecule has 0 radical (unpaired) electrons. The first-order valence-corrected chi connectivity index (χ1v) is 8.54. The van der Waals surface area contributed by atoms with Crippen LogP contribution in [0.3, 0.4) is 0 Å². The van der Waals surface area contributed by atoms with Gasteiger partial charge in [0.2, 0.25) is 5.95 Å². The minimum atomic E-state index is 0.281. The maximum absolute atomic E-state index is 5.90. The lowest BCUT2D eigenvalue weighted by atomic mass is 10.1. The number of ether oxygens (including phenoxy) is 1. The Morgan fingerprint density at radius 3 is 2.88 bits per heavy atom. The predicted octanol–water partition coefficient (Wildman–Crippen LogP) is 1.52. The van der Waals surface area contributed by atoms with Crippen LogP contribution in [0.4, 0.5) is 5.95 Å². The zero-order valence-corrected chi connectivity index (χ0v) is 14.0. The van der Waals surface area contributed by atoms with Gasteiger partial charge in [0.15, 0.2) is 0 Å². The largest absolute Gasteiger partial charge is 0.379 e. The van der Waals surface area contributed by atoms with Crippen LogP contribution in [0, 0.1) is 12.8 Å². The van der Waals surface area contributed by atoms with E-state index in [0.29, 0.717) is 5.92 Å². The third kappa shape index (κ3) is 3.39. The number of pyridine rings is 1. The lowest BCUT2D eigenvalue weighted by Crippen LogP contribution is -2.44. The summed E-state index contributed by atoms with van der Waals surface area (Å²) < 4.78 is 5.90. The van der Waals surface area contributed by atoms with Crippen LogP contribution < -0.4 is 4.90 Å². The Bertz CT molecular complexity index is 680. The molecule has 6 nitrogen and oxygen atoms in total. The number of nitrogens with zero attached hydrogens (tertiary/aromatic N) is 5. The van der Waals surface area contributed by atoms with E-state index in [1.807, 2.05) is 31.5 Å². The van der Waals surface area contributed by atoms with Crippen molar-refractivity contribution in [3.8, 4) is 0 Å². The fourth-order valence-electron chi connectivity index (χ4n) is 3.61. The molecule has 126 valence electrons. The van der Waals surface area contributed by atoms with E-state index in [4.69, 9.17) is 4.74 Å². The second kappa shape index (κ2) is 6.83. The second-order valence-electron chi connectivity index (χ2n) is 6.72. The molecule has 0 saturated carbocycles. The molecule has 0 aliphatic carbocycles. The fraction of sp³-hybridized carbons (Fsp3) is 0.500. The Morgan fingerprint density at radius 2 is 2.04 bits per heavy atom. The van der Waals surface area contributed by atoms with Crippen LogP contribution in [0.1, 0.15) is 11.4 Å². The van der Waals surface area contributed by atoms with Crippen molar-refractivity contribution in [3.05, 3.63) is 48.0 Å². The zero-order chi connectivity index (χ0) is 16.4. The maximum Gasteiger partial charge on any atom is 0.225 e. The molecule has 2 aromatic rings. The first-order chi connectivity index (χ1) is 11.8. The van der Waals surface area contributed by atoms with Gasteiger partial charge in [-0.1, -0.05) is 6.07 Å². The van der Waals surface area contributed by atoms with Crippen LogP contribution >= 0.6 is 0 Å². The third-order valence-corrected chi connectivity index (χ3v) is 4.70. The van der Waals surface area contributed by atoms with Crippen molar-refractivity contribution in [2.45, 2.75) is 19.5 Å². The Kier molecular flexibility index (Phi) is 4.40. The molecule has 2 aromatic heterocycles. The monoisotopic (exact) mass is 325 g/mol. The van der Waals surface area contributed by atoms with Crippen molar-refractivity contribution >= 4 is 5.95 Å². The molecule has 24 heavy (non-hydrogen) atoms. The average Bonchev–Trinajstić information content (AvgIpc) is 2.86. The highest BCUT2D eigenvalue weighted by Gasteiger charge is 2.34. The van der Waals surface area contributed by atoms with Crippen LogP contribution in [0.15, 0.2) is 36.7 Å². The van der Waals surface area contributed by atoms with Gasteiger partial charge in [-0.15, -0.1) is 0 Å². The molecule has 4 heterocycles. The standard InChI is InChI=1S/C18H23N5O/c1-14-5-7-20-18(21-14)23-9-15-8-22(11-17(23)13-24-12-15)10-16-4-2-3-6-19-16/h2-7,15,17H,8-13H2,1H3/t15-,17-/m0/s1. The van der Waals surface area contributed by atoms with Crippen LogP contribution in [0.5, 0.6) is 0 Å². The second-order valence-corrected chi connectivity index (χ2v) is 6.72. The van der Waals surface area contributed by atoms with Gasteiger partial charge >= 0.3 is 0 Å². The van der Waals surface area contributed by atoms with Crippen molar-refractivity contribution < 1.29 is 4.74 Å². The van der Waals surface area contributed by atoms with Crippen LogP contribution in [-0.2, 0) is 11.3 Å². The summed E-state index contributed by atoms with van der Waals surface area (Å²) >= 11 is 0. The fourth-order valence-corrected chi connectivity index (χ4v) is 3.61. The van der Waals surface area contributed by atoms with Crippen LogP contribution in [0.2, 0.25) is 0 Å². The van der Waals surface area contributed by atoms with Gasteiger partial charge in [-0.2, -0.15) is 0 Å². The molecule has 6 heteroatoms. The molecule has 4 rings (SSSR count). The van der Waals surface area contributed by atoms with Gasteiger partial charge in [0.1, 0.15) is 0 Å². The zero-order valence-electron chi connectivity index (χ0n) is 14.0. The van der Waals surface area contributed by atoms with E-state index in [0.717, 1.165) is 56.7 Å². The molecule has 0 aromatic carbocycles. The Balaban J connectivity index is 1.56. The summed E-state index contributed by atoms with van der Waals surface area (Å²) in [6.45, 7) is 7.35. The third-order valence-electron chi connectivity index (χ3n) is 4.70. The summed E-state index contributed by atoms with van der Waals surface area (Å²) in [4.78, 5) is 18.4. The minimum Gasteiger partial charge on any atom is -0.379 e. The Morgan fingerprint density at radius 1 is 1.08 bits per heavy atom. The number of rotatable bonds is 3. The predicted molar refractivity (Wildman–Crippen MR) is 91.7 cm³/mol. The Hall–Kier alpha value is -2.05. The molecule has 0 N–H and O–H groups in total. The molecular weight excluding hydrogens is 302 g/mol. The summed E-state index contributed by atoms with van der Waals surface area (Å²) in [7, 11) is 0. The highest BCUT2D eigenvalue weighted by molar-refractivity contribution is 5.33. The lowest BCUT2D eigenvalue weighted by molar-refractivity contribution is 0.0623. The van der Waals surface area contributed by atoms with Crippen molar-refractivity contribution in [3.63, 3.8) is 0 Å². The highest BCUT2D eigenvalue weighted by Crippen LogP contribution is 2.24. The van der Waals surface area contributed by atoms with Crippen LogP contribution in [-0.4, -0.2) is 58.7 Å². The van der Waals surface area contributed by atoms with E-state index in [1.54, 1.807) is 0 Å². The van der Waals surface area contributed by atoms with Gasteiger partial charge in [-0.3, -0.25) is 9.88 Å². The van der Waals surface area contributed by atoms with Crippen molar-refractivity contribution in [1.29, 1.82) is 0 Å². The molecule has 2 fully saturated rings. The number of hydrogen-bond acceptors (Lipinski definition) is 6. The molecule has 0 amide bonds. The normalized spacial score (nSPS) is 24.6. The number of anilines is 1. The number of hydrogen-bond donors (Lipinski definition) is 0. The van der Waals surface area contributed by atoms with Crippen molar-refractivity contribution in [1.82, 2.24) is 19.9 Å². The highest BCUT2D eigenvalue weighted by atomic mass is 16.5. The van der Waals surface area contributed by atoms with E-state index in [-0.39, 0.29) is 6.04 Å². The van der Waals surface area contributed by atoms with E-state index in [2.05, 4.69) is 36.9 Å². The minimum absolute atomic E-state index is 0.281. The molecule has 2 aliphatic heterocycles. The summed E-state index contributed by atoms with van der Waals surface area (Å²) in [5, 5.41) is 0. The average molecular weight is 325 g/mol. The lowest BCUT2D eigenvalue weighted by Gasteiger charge is -2.31. The SMILES string of the molecule is Cc1ccnc(N2C[C@H]3COC[C@@H]2CN(Cc2ccccn2)C3)n1.